The third-order valence-corrected chi connectivity index (χ3v) is 6.91. The van der Waals surface area contributed by atoms with Gasteiger partial charge in [0.1, 0.15) is 29.9 Å². The molecule has 0 aromatic rings. The highest BCUT2D eigenvalue weighted by Gasteiger charge is 2.37. The first-order valence-corrected chi connectivity index (χ1v) is 16.8. The number of primary amides is 1. The van der Waals surface area contributed by atoms with Crippen LogP contribution in [-0.4, -0.2) is 149 Å². The smallest absolute Gasteiger partial charge is 0.394 e. The largest absolute Gasteiger partial charge is 0.394 e. The van der Waals surface area contributed by atoms with Crippen molar-refractivity contribution in [1.29, 1.82) is 0 Å². The number of nitrogens with zero attached hydrogens (tertiary/aromatic N) is 1. The third kappa shape index (κ3) is 17.7. The molecule has 7 atom stereocenters. The maximum Gasteiger partial charge on any atom is 0.394 e. The van der Waals surface area contributed by atoms with E-state index in [0.717, 1.165) is 0 Å². The second kappa shape index (κ2) is 22.0. The number of aliphatic hydroxyl groups excluding tert-OH is 3. The SMILES string of the molecule is NCCC[C@H](N)CC(=O)N[C@H]1CNC(=O)[C@@H]([C@H]2C[C@H](O)N=C(N)N2)NC(=O)/C(=C/NC(N)=O)NC(=O)[C@H](CO)NC(=O)[C@H](CO)NC1=O.O=S(=O)(O)O. The summed E-state index contributed by atoms with van der Waals surface area (Å²) in [4.78, 5) is 94.0. The van der Waals surface area contributed by atoms with Gasteiger partial charge in [-0.25, -0.2) is 9.79 Å². The van der Waals surface area contributed by atoms with Gasteiger partial charge in [0.2, 0.25) is 29.5 Å². The fourth-order valence-electron chi connectivity index (χ4n) is 4.46. The van der Waals surface area contributed by atoms with Gasteiger partial charge in [0.05, 0.1) is 19.3 Å². The van der Waals surface area contributed by atoms with Crippen molar-refractivity contribution in [3.63, 3.8) is 0 Å². The van der Waals surface area contributed by atoms with Gasteiger partial charge < -0.3 is 80.8 Å². The Bertz CT molecular complexity index is 1500. The van der Waals surface area contributed by atoms with Gasteiger partial charge in [0.25, 0.3) is 5.91 Å². The first-order valence-electron chi connectivity index (χ1n) is 15.4. The molecule has 28 heteroatoms. The molecule has 0 bridgehead atoms. The summed E-state index contributed by atoms with van der Waals surface area (Å²) in [5, 5.41) is 47.9. The number of nitrogens with one attached hydrogen (secondary N) is 8. The van der Waals surface area contributed by atoms with Gasteiger partial charge in [-0.2, -0.15) is 8.42 Å². The van der Waals surface area contributed by atoms with Crippen molar-refractivity contribution in [2.24, 2.45) is 27.9 Å². The number of guanidine groups is 1. The van der Waals surface area contributed by atoms with Crippen LogP contribution < -0.4 is 65.5 Å². The number of carbonyl (C=O) groups excluding carboxylic acids is 7. The van der Waals surface area contributed by atoms with Crippen LogP contribution in [0.5, 0.6) is 0 Å². The molecule has 0 radical (unpaired) electrons. The maximum atomic E-state index is 13.6. The molecule has 2 aliphatic heterocycles. The second-order valence-corrected chi connectivity index (χ2v) is 12.1. The van der Waals surface area contributed by atoms with E-state index < -0.39 is 120 Å². The number of carbonyl (C=O) groups is 7. The predicted octanol–water partition coefficient (Wildman–Crippen LogP) is -9.54. The summed E-state index contributed by atoms with van der Waals surface area (Å²) < 4.78 is 31.6. The standard InChI is InChI=1S/C25H43N13O10.H2O4S/c26-3-1-2-10(27)4-16(41)32-12-6-30-23(47)18(11-5-17(42)37-24(28)36-11)38-20(44)13(7-31-25(29)48)33-21(45)14(8-39)35-22(46)15(9-40)34-19(12)43;1-5(2,3)4/h7,10-12,14-15,17-18,39-40,42H,1-6,8-9,26-27H2,(H,30,47)(H,32,41)(H,33,45)(H,34,43)(H,35,46)(H,38,44)(H3,28,36,37)(H3,29,31,48);(H2,1,2,3,4)/b13-7-;/t10-,11+,12-,14-,15-,17-,18+;/m0./s1. The molecule has 1 fully saturated rings. The van der Waals surface area contributed by atoms with Crippen LogP contribution >= 0.6 is 0 Å². The lowest BCUT2D eigenvalue weighted by Crippen LogP contribution is -2.64. The fraction of sp³-hybridized carbons (Fsp3) is 0.600. The number of amides is 8. The summed E-state index contributed by atoms with van der Waals surface area (Å²) in [5.74, 6) is -6.65. The highest BCUT2D eigenvalue weighted by atomic mass is 32.3. The second-order valence-electron chi connectivity index (χ2n) is 11.2. The number of hydrogen-bond donors (Lipinski definition) is 17. The molecule has 2 aliphatic rings. The van der Waals surface area contributed by atoms with Gasteiger partial charge >= 0.3 is 16.4 Å². The molecular formula is C25H45N13O14S. The van der Waals surface area contributed by atoms with Crippen LogP contribution in [0, 0.1) is 0 Å². The minimum Gasteiger partial charge on any atom is -0.394 e. The molecule has 0 unspecified atom stereocenters. The first kappa shape index (κ1) is 45.8. The van der Waals surface area contributed by atoms with Gasteiger partial charge in [0, 0.05) is 31.6 Å². The van der Waals surface area contributed by atoms with E-state index in [1.807, 2.05) is 5.32 Å². The molecule has 27 nitrogen and oxygen atoms in total. The van der Waals surface area contributed by atoms with Crippen LogP contribution in [0.1, 0.15) is 25.7 Å². The summed E-state index contributed by atoms with van der Waals surface area (Å²) in [6.45, 7) is -2.36. The van der Waals surface area contributed by atoms with Crippen molar-refractivity contribution in [2.75, 3.05) is 26.3 Å². The van der Waals surface area contributed by atoms with Crippen LogP contribution in [-0.2, 0) is 39.2 Å². The Hall–Kier alpha value is -5.23. The van der Waals surface area contributed by atoms with E-state index in [-0.39, 0.29) is 18.8 Å². The van der Waals surface area contributed by atoms with Crippen molar-refractivity contribution in [3.05, 3.63) is 11.9 Å². The summed E-state index contributed by atoms with van der Waals surface area (Å²) in [5.41, 5.74) is 21.5. The van der Waals surface area contributed by atoms with E-state index in [1.165, 1.54) is 0 Å². The number of rotatable bonds is 10. The molecule has 8 amide bonds. The Kier molecular flexibility index (Phi) is 19.0. The Balaban J connectivity index is 0.00000262. The maximum absolute atomic E-state index is 13.6. The Morgan fingerprint density at radius 3 is 2.09 bits per heavy atom. The van der Waals surface area contributed by atoms with Crippen LogP contribution in [0.25, 0.3) is 0 Å². The molecule has 53 heavy (non-hydrogen) atoms. The Morgan fingerprint density at radius 1 is 0.962 bits per heavy atom. The Labute approximate surface area is 301 Å². The zero-order chi connectivity index (χ0) is 40.5. The molecule has 0 aliphatic carbocycles. The molecule has 21 N–H and O–H groups in total. The number of aliphatic imine (C=N–C) groups is 1. The molecule has 0 spiro atoms. The van der Waals surface area contributed by atoms with Crippen LogP contribution in [0.2, 0.25) is 0 Å². The highest BCUT2D eigenvalue weighted by Crippen LogP contribution is 2.11. The fourth-order valence-corrected chi connectivity index (χ4v) is 4.46. The van der Waals surface area contributed by atoms with Gasteiger partial charge in [-0.05, 0) is 19.4 Å². The van der Waals surface area contributed by atoms with E-state index in [2.05, 4.69) is 42.2 Å². The summed E-state index contributed by atoms with van der Waals surface area (Å²) in [6, 6.07) is -9.66. The minimum absolute atomic E-state index is 0.245. The van der Waals surface area contributed by atoms with Gasteiger partial charge in [-0.3, -0.25) is 37.9 Å². The number of hydrogen-bond acceptors (Lipinski definition) is 17. The van der Waals surface area contributed by atoms with Gasteiger partial charge in [0.15, 0.2) is 12.2 Å². The summed E-state index contributed by atoms with van der Waals surface area (Å²) in [7, 11) is -4.67. The first-order chi connectivity index (χ1) is 24.7. The van der Waals surface area contributed by atoms with Gasteiger partial charge in [-0.15, -0.1) is 0 Å². The Morgan fingerprint density at radius 2 is 1.55 bits per heavy atom. The summed E-state index contributed by atoms with van der Waals surface area (Å²) >= 11 is 0. The zero-order valence-corrected chi connectivity index (χ0v) is 28.7. The van der Waals surface area contributed by atoms with E-state index in [0.29, 0.717) is 25.6 Å². The van der Waals surface area contributed by atoms with Crippen molar-refractivity contribution in [2.45, 2.75) is 68.2 Å². The lowest BCUT2D eigenvalue weighted by Gasteiger charge is -2.33. The minimum atomic E-state index is -4.67. The topological polar surface area (TPSA) is 467 Å². The van der Waals surface area contributed by atoms with E-state index >= 15 is 0 Å². The number of nitrogens with two attached hydrogens (primary N) is 4. The van der Waals surface area contributed by atoms with Crippen LogP contribution in [0.3, 0.4) is 0 Å². The third-order valence-electron chi connectivity index (χ3n) is 6.91. The average Bonchev–Trinajstić information content (AvgIpc) is 3.05. The number of aliphatic hydroxyl groups is 3. The monoisotopic (exact) mass is 783 g/mol. The molecule has 0 aromatic heterocycles. The van der Waals surface area contributed by atoms with E-state index in [9.17, 15) is 48.9 Å². The zero-order valence-electron chi connectivity index (χ0n) is 27.9. The predicted molar refractivity (Wildman–Crippen MR) is 178 cm³/mol. The quantitative estimate of drug-likeness (QED) is 0.0722. The lowest BCUT2D eigenvalue weighted by atomic mass is 10.0. The van der Waals surface area contributed by atoms with Crippen LogP contribution in [0.4, 0.5) is 4.79 Å². The molecule has 1 saturated heterocycles. The molecule has 300 valence electrons. The molecule has 0 aromatic carbocycles. The molecule has 2 rings (SSSR count). The molecule has 0 saturated carbocycles. The molecular weight excluding hydrogens is 738 g/mol. The number of urea groups is 1. The van der Waals surface area contributed by atoms with E-state index in [4.69, 9.17) is 40.5 Å². The lowest BCUT2D eigenvalue weighted by molar-refractivity contribution is -0.135. The normalized spacial score (nSPS) is 26.1. The van der Waals surface area contributed by atoms with Crippen molar-refractivity contribution in [3.8, 4) is 0 Å². The van der Waals surface area contributed by atoms with Crippen molar-refractivity contribution >= 4 is 57.8 Å². The van der Waals surface area contributed by atoms with Crippen molar-refractivity contribution in [1.82, 2.24) is 42.5 Å². The highest BCUT2D eigenvalue weighted by molar-refractivity contribution is 7.79. The van der Waals surface area contributed by atoms with Crippen molar-refractivity contribution < 1.29 is 66.4 Å². The summed E-state index contributed by atoms with van der Waals surface area (Å²) in [6.07, 6.45) is -0.339. The van der Waals surface area contributed by atoms with E-state index in [1.54, 1.807) is 0 Å². The van der Waals surface area contributed by atoms with Crippen LogP contribution in [0.15, 0.2) is 16.9 Å². The molecule has 2 heterocycles. The average molecular weight is 784 g/mol. The van der Waals surface area contributed by atoms with Gasteiger partial charge in [-0.1, -0.05) is 0 Å².